The average molecular weight is 479 g/mol. The number of carbonyl (C=O) groups is 2. The van der Waals surface area contributed by atoms with Crippen LogP contribution in [-0.2, 0) is 4.74 Å². The van der Waals surface area contributed by atoms with Crippen molar-refractivity contribution >= 4 is 33.5 Å². The molecule has 0 aliphatic carbocycles. The Bertz CT molecular complexity index is 1300. The molecule has 0 fully saturated rings. The Morgan fingerprint density at radius 2 is 1.74 bits per heavy atom. The van der Waals surface area contributed by atoms with Crippen molar-refractivity contribution in [1.29, 1.82) is 0 Å². The van der Waals surface area contributed by atoms with Crippen LogP contribution in [0.25, 0.3) is 22.6 Å². The van der Waals surface area contributed by atoms with Crippen LogP contribution >= 0.6 is 11.3 Å². The van der Waals surface area contributed by atoms with E-state index in [-0.39, 0.29) is 12.3 Å². The van der Waals surface area contributed by atoms with E-state index < -0.39 is 12.0 Å². The lowest BCUT2D eigenvalue weighted by Gasteiger charge is -2.05. The van der Waals surface area contributed by atoms with Crippen molar-refractivity contribution in [2.24, 2.45) is 0 Å². The van der Waals surface area contributed by atoms with E-state index in [0.29, 0.717) is 27.3 Å². The molecule has 10 heteroatoms. The molecule has 34 heavy (non-hydrogen) atoms. The third-order valence-corrected chi connectivity index (χ3v) is 5.67. The molecule has 0 aliphatic heterocycles. The van der Waals surface area contributed by atoms with Gasteiger partial charge in [-0.05, 0) is 38.1 Å². The van der Waals surface area contributed by atoms with E-state index >= 15 is 0 Å². The third-order valence-electron chi connectivity index (χ3n) is 4.78. The van der Waals surface area contributed by atoms with Crippen LogP contribution in [0.2, 0.25) is 0 Å². The molecule has 0 saturated carbocycles. The highest BCUT2D eigenvalue weighted by atomic mass is 32.1. The van der Waals surface area contributed by atoms with Crippen molar-refractivity contribution in [3.05, 3.63) is 65.9 Å². The maximum Gasteiger partial charge on any atom is 0.412 e. The monoisotopic (exact) mass is 478 g/mol. The lowest BCUT2D eigenvalue weighted by Crippen LogP contribution is -2.12. The van der Waals surface area contributed by atoms with Gasteiger partial charge in [0.25, 0.3) is 5.91 Å². The van der Waals surface area contributed by atoms with Crippen molar-refractivity contribution in [2.75, 3.05) is 24.4 Å². The number of aromatic nitrogens is 2. The predicted octanol–water partition coefficient (Wildman–Crippen LogP) is 5.60. The number of hydrogen-bond donors (Lipinski definition) is 2. The van der Waals surface area contributed by atoms with Crippen LogP contribution in [0, 0.1) is 6.92 Å². The first-order valence-corrected chi connectivity index (χ1v) is 11.2. The maximum atomic E-state index is 12.8. The zero-order chi connectivity index (χ0) is 24.1. The number of ether oxygens (including phenoxy) is 2. The number of benzene rings is 2. The molecule has 2 aromatic carbocycles. The largest absolute Gasteiger partial charge is 0.497 e. The van der Waals surface area contributed by atoms with Crippen molar-refractivity contribution < 1.29 is 23.6 Å². The number of nitrogens with zero attached hydrogens (tertiary/aromatic N) is 2. The van der Waals surface area contributed by atoms with E-state index in [4.69, 9.17) is 14.0 Å². The number of thiazole rings is 1. The Labute approximate surface area is 199 Å². The van der Waals surface area contributed by atoms with Gasteiger partial charge in [-0.15, -0.1) is 0 Å². The second-order valence-electron chi connectivity index (χ2n) is 7.17. The normalized spacial score (nSPS) is 10.6. The van der Waals surface area contributed by atoms with Crippen LogP contribution in [0.15, 0.2) is 59.1 Å². The molecule has 0 saturated heterocycles. The second-order valence-corrected chi connectivity index (χ2v) is 8.17. The summed E-state index contributed by atoms with van der Waals surface area (Å²) in [5.41, 5.74) is 3.25. The molecule has 2 heterocycles. The lowest BCUT2D eigenvalue weighted by atomic mass is 10.1. The van der Waals surface area contributed by atoms with Gasteiger partial charge in [-0.25, -0.2) is 9.78 Å². The molecule has 174 valence electrons. The zero-order valence-electron chi connectivity index (χ0n) is 18.7. The van der Waals surface area contributed by atoms with Crippen molar-refractivity contribution in [3.8, 4) is 28.3 Å². The maximum absolute atomic E-state index is 12.8. The molecule has 2 N–H and O–H groups in total. The van der Waals surface area contributed by atoms with Crippen molar-refractivity contribution in [3.63, 3.8) is 0 Å². The Kier molecular flexibility index (Phi) is 6.88. The highest BCUT2D eigenvalue weighted by Crippen LogP contribution is 2.36. The summed E-state index contributed by atoms with van der Waals surface area (Å²) in [6.45, 7) is 3.93. The quantitative estimate of drug-likeness (QED) is 0.355. The number of anilines is 2. The van der Waals surface area contributed by atoms with Gasteiger partial charge in [0, 0.05) is 17.2 Å². The van der Waals surface area contributed by atoms with Gasteiger partial charge < -0.3 is 14.0 Å². The molecule has 2 amide bonds. The predicted molar refractivity (Wildman–Crippen MR) is 129 cm³/mol. The van der Waals surface area contributed by atoms with Crippen LogP contribution in [0.3, 0.4) is 0 Å². The first-order valence-electron chi connectivity index (χ1n) is 10.4. The average Bonchev–Trinajstić information content (AvgIpc) is 3.48. The van der Waals surface area contributed by atoms with Crippen LogP contribution in [0.1, 0.15) is 23.0 Å². The van der Waals surface area contributed by atoms with Gasteiger partial charge in [-0.1, -0.05) is 46.3 Å². The molecule has 0 atom stereocenters. The van der Waals surface area contributed by atoms with Crippen molar-refractivity contribution in [2.45, 2.75) is 13.8 Å². The van der Waals surface area contributed by atoms with Crippen LogP contribution in [0.4, 0.5) is 14.9 Å². The van der Waals surface area contributed by atoms with Gasteiger partial charge in [0.2, 0.25) is 0 Å². The fourth-order valence-corrected chi connectivity index (χ4v) is 3.93. The van der Waals surface area contributed by atoms with Gasteiger partial charge in [0.05, 0.1) is 13.7 Å². The molecule has 0 unspecified atom stereocenters. The van der Waals surface area contributed by atoms with Crippen LogP contribution < -0.4 is 15.4 Å². The standard InChI is InChI=1S/C24H22N4O5S/c1-4-32-24(30)27-22-20(16-7-5-14(2)6-8-16)25-23(34-22)26-21(29)18-13-19(33-28-18)15-9-11-17(31-3)12-10-15/h5-13H,4H2,1-3H3,(H,27,30)(H,25,26,29). The second kappa shape index (κ2) is 10.2. The first-order chi connectivity index (χ1) is 16.5. The molecular formula is C24H22N4O5S. The van der Waals surface area contributed by atoms with Gasteiger partial charge in [0.1, 0.15) is 16.4 Å². The smallest absolute Gasteiger partial charge is 0.412 e. The summed E-state index contributed by atoms with van der Waals surface area (Å²) >= 11 is 1.12. The summed E-state index contributed by atoms with van der Waals surface area (Å²) in [4.78, 5) is 29.3. The minimum absolute atomic E-state index is 0.0952. The molecule has 4 rings (SSSR count). The third kappa shape index (κ3) is 5.24. The number of nitrogens with one attached hydrogen (secondary N) is 2. The van der Waals surface area contributed by atoms with E-state index in [1.54, 1.807) is 32.2 Å². The fraction of sp³-hybridized carbons (Fsp3) is 0.167. The lowest BCUT2D eigenvalue weighted by molar-refractivity contribution is 0.101. The van der Waals surface area contributed by atoms with E-state index in [2.05, 4.69) is 20.8 Å². The van der Waals surface area contributed by atoms with Crippen LogP contribution in [0.5, 0.6) is 5.75 Å². The summed E-state index contributed by atoms with van der Waals surface area (Å²) < 4.78 is 15.5. The summed E-state index contributed by atoms with van der Waals surface area (Å²) in [5.74, 6) is 0.661. The zero-order valence-corrected chi connectivity index (χ0v) is 19.6. The Balaban J connectivity index is 1.55. The van der Waals surface area contributed by atoms with Crippen LogP contribution in [-0.4, -0.2) is 35.9 Å². The minimum Gasteiger partial charge on any atom is -0.497 e. The first kappa shape index (κ1) is 23.0. The number of methoxy groups -OCH3 is 1. The number of hydrogen-bond acceptors (Lipinski definition) is 8. The number of amides is 2. The molecule has 0 aliphatic rings. The molecule has 0 bridgehead atoms. The molecule has 0 spiro atoms. The summed E-state index contributed by atoms with van der Waals surface area (Å²) in [5, 5.41) is 10.0. The van der Waals surface area contributed by atoms with Gasteiger partial charge in [-0.2, -0.15) is 0 Å². The van der Waals surface area contributed by atoms with Gasteiger partial charge in [0.15, 0.2) is 16.6 Å². The summed E-state index contributed by atoms with van der Waals surface area (Å²) in [7, 11) is 1.59. The molecule has 2 aromatic heterocycles. The van der Waals surface area contributed by atoms with Crippen molar-refractivity contribution in [1.82, 2.24) is 10.1 Å². The molecule has 0 radical (unpaired) electrons. The number of carbonyl (C=O) groups excluding carboxylic acids is 2. The molecule has 9 nitrogen and oxygen atoms in total. The van der Waals surface area contributed by atoms with E-state index in [0.717, 1.165) is 28.0 Å². The molecule has 4 aromatic rings. The van der Waals surface area contributed by atoms with E-state index in [1.807, 2.05) is 43.3 Å². The Morgan fingerprint density at radius 3 is 2.41 bits per heavy atom. The van der Waals surface area contributed by atoms with E-state index in [1.165, 1.54) is 0 Å². The number of rotatable bonds is 7. The van der Waals surface area contributed by atoms with Gasteiger partial charge >= 0.3 is 6.09 Å². The Hall–Kier alpha value is -4.18. The Morgan fingerprint density at radius 1 is 1.03 bits per heavy atom. The fourth-order valence-electron chi connectivity index (χ4n) is 3.06. The number of aryl methyl sites for hydroxylation is 1. The highest BCUT2D eigenvalue weighted by Gasteiger charge is 2.20. The highest BCUT2D eigenvalue weighted by molar-refractivity contribution is 7.20. The SMILES string of the molecule is CCOC(=O)Nc1sc(NC(=O)c2cc(-c3ccc(OC)cc3)on2)nc1-c1ccc(C)cc1. The molecular weight excluding hydrogens is 456 g/mol. The minimum atomic E-state index is -0.599. The van der Waals surface area contributed by atoms with Gasteiger partial charge in [-0.3, -0.25) is 15.4 Å². The topological polar surface area (TPSA) is 116 Å². The van der Waals surface area contributed by atoms with E-state index in [9.17, 15) is 9.59 Å². The summed E-state index contributed by atoms with van der Waals surface area (Å²) in [6, 6.07) is 16.4. The summed E-state index contributed by atoms with van der Waals surface area (Å²) in [6.07, 6.45) is -0.599.